The maximum absolute atomic E-state index is 12.1. The van der Waals surface area contributed by atoms with Crippen LogP contribution in [0.3, 0.4) is 0 Å². The van der Waals surface area contributed by atoms with Crippen molar-refractivity contribution in [1.82, 2.24) is 24.7 Å². The van der Waals surface area contributed by atoms with Crippen molar-refractivity contribution >= 4 is 22.2 Å². The van der Waals surface area contributed by atoms with Gasteiger partial charge in [0.15, 0.2) is 5.82 Å². The molecule has 3 rings (SSSR count). The Morgan fingerprint density at radius 2 is 2.10 bits per heavy atom. The molecule has 3 heterocycles. The third-order valence-electron chi connectivity index (χ3n) is 3.49. The van der Waals surface area contributed by atoms with Gasteiger partial charge in [0.05, 0.1) is 13.2 Å². The van der Waals surface area contributed by atoms with Crippen LogP contribution in [0.4, 0.5) is 0 Å². The monoisotopic (exact) mass is 309 g/mol. The average molecular weight is 309 g/mol. The molecule has 0 aromatic carbocycles. The van der Waals surface area contributed by atoms with Gasteiger partial charge >= 0.3 is 0 Å². The van der Waals surface area contributed by atoms with E-state index in [0.29, 0.717) is 39.1 Å². The molecule has 1 aliphatic heterocycles. The number of fused-ring (bicyclic) bond motifs is 1. The number of hydrogen-bond donors (Lipinski definition) is 0. The maximum Gasteiger partial charge on any atom is 0.234 e. The molecular weight excluding hydrogens is 290 g/mol. The highest BCUT2D eigenvalue weighted by Crippen LogP contribution is 2.19. The zero-order valence-electron chi connectivity index (χ0n) is 12.3. The molecule has 2 aromatic rings. The topological polar surface area (TPSA) is 72.6 Å². The number of carbonyl (C=O) groups excluding carboxylic acids is 1. The second kappa shape index (κ2) is 6.07. The number of ether oxygens (including phenoxy) is 1. The molecule has 0 aliphatic carbocycles. The van der Waals surface area contributed by atoms with E-state index in [1.54, 1.807) is 4.52 Å². The van der Waals surface area contributed by atoms with Crippen molar-refractivity contribution < 1.29 is 9.53 Å². The molecule has 0 saturated carbocycles. The summed E-state index contributed by atoms with van der Waals surface area (Å²) in [7, 11) is 0. The first-order chi connectivity index (χ1) is 10.1. The van der Waals surface area contributed by atoms with Crippen molar-refractivity contribution in [2.75, 3.05) is 26.3 Å². The van der Waals surface area contributed by atoms with Crippen LogP contribution in [0.25, 0.3) is 4.96 Å². The molecule has 114 valence electrons. The molecule has 7 nitrogen and oxygen atoms in total. The largest absolute Gasteiger partial charge is 0.378 e. The van der Waals surface area contributed by atoms with Crippen molar-refractivity contribution in [3.8, 4) is 0 Å². The third-order valence-corrected chi connectivity index (χ3v) is 4.45. The van der Waals surface area contributed by atoms with Crippen LogP contribution in [-0.4, -0.2) is 56.9 Å². The first kappa shape index (κ1) is 14.4. The Balaban J connectivity index is 1.63. The molecule has 1 aliphatic rings. The van der Waals surface area contributed by atoms with Crippen molar-refractivity contribution in [3.63, 3.8) is 0 Å². The van der Waals surface area contributed by atoms with Gasteiger partial charge in [0.25, 0.3) is 0 Å². The van der Waals surface area contributed by atoms with Crippen molar-refractivity contribution in [1.29, 1.82) is 0 Å². The second-order valence-electron chi connectivity index (χ2n) is 5.40. The quantitative estimate of drug-likeness (QED) is 0.845. The normalized spacial score (nSPS) is 16.0. The molecule has 0 atom stereocenters. The fourth-order valence-corrected chi connectivity index (χ4v) is 3.16. The number of aryl methyl sites for hydroxylation is 1. The minimum atomic E-state index is 0.174. The average Bonchev–Trinajstić information content (AvgIpc) is 3.05. The van der Waals surface area contributed by atoms with Crippen LogP contribution in [0.2, 0.25) is 0 Å². The van der Waals surface area contributed by atoms with Crippen molar-refractivity contribution in [2.45, 2.75) is 32.6 Å². The van der Waals surface area contributed by atoms with E-state index in [0.717, 1.165) is 15.8 Å². The Kier molecular flexibility index (Phi) is 4.16. The SMILES string of the molecule is CC(C)c1nnc2sc(CCC(=O)N3CCOCC3)nn12. The van der Waals surface area contributed by atoms with E-state index in [9.17, 15) is 4.79 Å². The van der Waals surface area contributed by atoms with E-state index < -0.39 is 0 Å². The summed E-state index contributed by atoms with van der Waals surface area (Å²) in [5, 5.41) is 13.7. The van der Waals surface area contributed by atoms with Gasteiger partial charge in [-0.15, -0.1) is 10.2 Å². The van der Waals surface area contributed by atoms with E-state index in [1.165, 1.54) is 11.3 Å². The highest BCUT2D eigenvalue weighted by atomic mass is 32.1. The molecule has 0 spiro atoms. The van der Waals surface area contributed by atoms with Crippen LogP contribution in [0.1, 0.15) is 37.0 Å². The fourth-order valence-electron chi connectivity index (χ4n) is 2.32. The summed E-state index contributed by atoms with van der Waals surface area (Å²) in [5.41, 5.74) is 0. The first-order valence-electron chi connectivity index (χ1n) is 7.21. The Labute approximate surface area is 126 Å². The highest BCUT2D eigenvalue weighted by molar-refractivity contribution is 7.16. The van der Waals surface area contributed by atoms with Gasteiger partial charge in [0, 0.05) is 31.8 Å². The van der Waals surface area contributed by atoms with Gasteiger partial charge in [-0.2, -0.15) is 9.61 Å². The summed E-state index contributed by atoms with van der Waals surface area (Å²) >= 11 is 1.51. The molecule has 1 saturated heterocycles. The highest BCUT2D eigenvalue weighted by Gasteiger charge is 2.18. The molecule has 0 radical (unpaired) electrons. The number of amides is 1. The fraction of sp³-hybridized carbons (Fsp3) is 0.692. The van der Waals surface area contributed by atoms with E-state index >= 15 is 0 Å². The molecule has 1 amide bonds. The number of morpholine rings is 1. The van der Waals surface area contributed by atoms with Gasteiger partial charge in [-0.1, -0.05) is 25.2 Å². The van der Waals surface area contributed by atoms with Crippen LogP contribution in [0.5, 0.6) is 0 Å². The minimum Gasteiger partial charge on any atom is -0.378 e. The number of carbonyl (C=O) groups is 1. The van der Waals surface area contributed by atoms with E-state index in [-0.39, 0.29) is 11.8 Å². The summed E-state index contributed by atoms with van der Waals surface area (Å²) in [4.78, 5) is 14.8. The van der Waals surface area contributed by atoms with Crippen LogP contribution in [0, 0.1) is 0 Å². The zero-order valence-corrected chi connectivity index (χ0v) is 13.1. The summed E-state index contributed by atoms with van der Waals surface area (Å²) in [6.07, 6.45) is 1.14. The van der Waals surface area contributed by atoms with Gasteiger partial charge < -0.3 is 9.64 Å². The molecule has 2 aromatic heterocycles. The van der Waals surface area contributed by atoms with Crippen LogP contribution >= 0.6 is 11.3 Å². The van der Waals surface area contributed by atoms with Gasteiger partial charge in [-0.05, 0) is 0 Å². The number of hydrogen-bond acceptors (Lipinski definition) is 6. The molecular formula is C13H19N5O2S. The molecule has 0 N–H and O–H groups in total. The lowest BCUT2D eigenvalue weighted by molar-refractivity contribution is -0.135. The van der Waals surface area contributed by atoms with Crippen LogP contribution in [0.15, 0.2) is 0 Å². The zero-order chi connectivity index (χ0) is 14.8. The van der Waals surface area contributed by atoms with Gasteiger partial charge in [-0.25, -0.2) is 0 Å². The number of nitrogens with zero attached hydrogens (tertiary/aromatic N) is 5. The predicted molar refractivity (Wildman–Crippen MR) is 78.5 cm³/mol. The lowest BCUT2D eigenvalue weighted by Gasteiger charge is -2.26. The number of rotatable bonds is 4. The smallest absolute Gasteiger partial charge is 0.234 e. The summed E-state index contributed by atoms with van der Waals surface area (Å²) in [5.74, 6) is 1.32. The molecule has 1 fully saturated rings. The predicted octanol–water partition coefficient (Wildman–Crippen LogP) is 1.10. The molecule has 8 heteroatoms. The molecule has 0 unspecified atom stereocenters. The summed E-state index contributed by atoms with van der Waals surface area (Å²) < 4.78 is 7.05. The Hall–Kier alpha value is -1.54. The van der Waals surface area contributed by atoms with Gasteiger partial charge in [0.1, 0.15) is 5.01 Å². The van der Waals surface area contributed by atoms with E-state index in [2.05, 4.69) is 29.1 Å². The van der Waals surface area contributed by atoms with Gasteiger partial charge in [0.2, 0.25) is 10.9 Å². The third kappa shape index (κ3) is 3.06. The summed E-state index contributed by atoms with van der Waals surface area (Å²) in [6.45, 7) is 6.80. The van der Waals surface area contributed by atoms with Crippen LogP contribution < -0.4 is 0 Å². The van der Waals surface area contributed by atoms with E-state index in [1.807, 2.05) is 4.90 Å². The molecule has 0 bridgehead atoms. The maximum atomic E-state index is 12.1. The Morgan fingerprint density at radius 1 is 1.33 bits per heavy atom. The Morgan fingerprint density at radius 3 is 2.81 bits per heavy atom. The second-order valence-corrected chi connectivity index (χ2v) is 6.44. The van der Waals surface area contributed by atoms with E-state index in [4.69, 9.17) is 4.74 Å². The standard InChI is InChI=1S/C13H19N5O2S/c1-9(2)12-14-15-13-18(12)16-10(21-13)3-4-11(19)17-5-7-20-8-6-17/h9H,3-8H2,1-2H3. The lowest BCUT2D eigenvalue weighted by Crippen LogP contribution is -2.40. The lowest BCUT2D eigenvalue weighted by atomic mass is 10.2. The Bertz CT molecular complexity index is 630. The molecule has 21 heavy (non-hydrogen) atoms. The van der Waals surface area contributed by atoms with Crippen LogP contribution in [-0.2, 0) is 16.0 Å². The van der Waals surface area contributed by atoms with Crippen molar-refractivity contribution in [2.24, 2.45) is 0 Å². The first-order valence-corrected chi connectivity index (χ1v) is 8.03. The number of aromatic nitrogens is 4. The van der Waals surface area contributed by atoms with Crippen molar-refractivity contribution in [3.05, 3.63) is 10.8 Å². The minimum absolute atomic E-state index is 0.174. The summed E-state index contributed by atoms with van der Waals surface area (Å²) in [6, 6.07) is 0. The van der Waals surface area contributed by atoms with Gasteiger partial charge in [-0.3, -0.25) is 4.79 Å².